The van der Waals surface area contributed by atoms with Crippen LogP contribution in [0.1, 0.15) is 76.7 Å². The first-order valence-electron chi connectivity index (χ1n) is 7.35. The van der Waals surface area contributed by atoms with Gasteiger partial charge in [-0.1, -0.05) is 42.5 Å². The van der Waals surface area contributed by atoms with Crippen molar-refractivity contribution in [2.75, 3.05) is 27.2 Å². The third kappa shape index (κ3) is 23.4. The van der Waals surface area contributed by atoms with Gasteiger partial charge in [0.05, 0.1) is 0 Å². The summed E-state index contributed by atoms with van der Waals surface area (Å²) < 4.78 is 0. The molecular formula is C17H46N2. The van der Waals surface area contributed by atoms with E-state index in [4.69, 9.17) is 0 Å². The largest absolute Gasteiger partial charge is 0.307 e. The molecule has 0 aromatic rings. The van der Waals surface area contributed by atoms with E-state index in [1.54, 1.807) is 0 Å². The Morgan fingerprint density at radius 1 is 0.789 bits per heavy atom. The van der Waals surface area contributed by atoms with Crippen molar-refractivity contribution in [2.45, 2.75) is 88.7 Å². The lowest BCUT2D eigenvalue weighted by Gasteiger charge is -2.34. The lowest BCUT2D eigenvalue weighted by molar-refractivity contribution is 0.138. The van der Waals surface area contributed by atoms with E-state index >= 15 is 0 Å². The summed E-state index contributed by atoms with van der Waals surface area (Å²) in [5, 5.41) is 0. The average Bonchev–Trinajstić information content (AvgIpc) is 2.21. The molecule has 1 saturated heterocycles. The maximum Gasteiger partial charge on any atom is 0.00386 e. The summed E-state index contributed by atoms with van der Waals surface area (Å²) >= 11 is 0. The molecule has 0 aromatic heterocycles. The summed E-state index contributed by atoms with van der Waals surface area (Å²) in [6.45, 7) is 19.5. The van der Waals surface area contributed by atoms with Crippen molar-refractivity contribution < 1.29 is 0 Å². The van der Waals surface area contributed by atoms with Gasteiger partial charge in [-0.25, -0.2) is 0 Å². The molecule has 124 valence electrons. The molecule has 0 unspecified atom stereocenters. The Bertz CT molecular complexity index is 110. The minimum atomic E-state index is 0. The van der Waals surface area contributed by atoms with E-state index in [0.717, 1.165) is 6.04 Å². The van der Waals surface area contributed by atoms with Gasteiger partial charge in [0.1, 0.15) is 0 Å². The molecular weight excluding hydrogens is 232 g/mol. The highest BCUT2D eigenvalue weighted by molar-refractivity contribution is 4.71. The van der Waals surface area contributed by atoms with Crippen LogP contribution in [0, 0.1) is 0 Å². The second-order valence-electron chi connectivity index (χ2n) is 4.54. The van der Waals surface area contributed by atoms with Gasteiger partial charge in [-0.05, 0) is 61.3 Å². The molecule has 0 N–H and O–H groups in total. The Morgan fingerprint density at radius 3 is 1.05 bits per heavy atom. The molecule has 1 heterocycles. The Hall–Kier alpha value is -0.0800. The van der Waals surface area contributed by atoms with Gasteiger partial charge in [-0.3, -0.25) is 0 Å². The fraction of sp³-hybridized carbons (Fsp3) is 1.00. The topological polar surface area (TPSA) is 6.48 Å². The summed E-state index contributed by atoms with van der Waals surface area (Å²) in [5.74, 6) is 0. The third-order valence-electron chi connectivity index (χ3n) is 2.65. The molecule has 0 atom stereocenters. The predicted octanol–water partition coefficient (Wildman–Crippen LogP) is 5.38. The van der Waals surface area contributed by atoms with Crippen LogP contribution in [0.5, 0.6) is 0 Å². The first-order valence-corrected chi connectivity index (χ1v) is 7.35. The molecule has 1 aliphatic heterocycles. The van der Waals surface area contributed by atoms with Crippen molar-refractivity contribution in [1.29, 1.82) is 0 Å². The number of hydrogen-bond acceptors (Lipinski definition) is 2. The van der Waals surface area contributed by atoms with E-state index in [-0.39, 0.29) is 14.9 Å². The normalized spacial score (nSPS) is 12.5. The van der Waals surface area contributed by atoms with E-state index in [9.17, 15) is 0 Å². The van der Waals surface area contributed by atoms with Crippen molar-refractivity contribution in [3.8, 4) is 0 Å². The van der Waals surface area contributed by atoms with Crippen LogP contribution in [-0.4, -0.2) is 49.1 Å². The van der Waals surface area contributed by atoms with Crippen molar-refractivity contribution in [3.63, 3.8) is 0 Å². The number of hydrogen-bond donors (Lipinski definition) is 0. The van der Waals surface area contributed by atoms with Gasteiger partial charge in [-0.15, -0.1) is 0 Å². The highest BCUT2D eigenvalue weighted by atomic mass is 15.2. The smallest absolute Gasteiger partial charge is 0.00386 e. The molecule has 0 amide bonds. The Balaban J connectivity index is -0.0000000507. The van der Waals surface area contributed by atoms with Gasteiger partial charge in [0.2, 0.25) is 0 Å². The molecule has 1 fully saturated rings. The molecule has 1 rings (SSSR count). The molecule has 2 heteroatoms. The zero-order valence-corrected chi connectivity index (χ0v) is 14.2. The Kier molecular flexibility index (Phi) is 38.0. The van der Waals surface area contributed by atoms with E-state index < -0.39 is 0 Å². The molecule has 0 saturated carbocycles. The van der Waals surface area contributed by atoms with Crippen LogP contribution in [0.3, 0.4) is 0 Å². The van der Waals surface area contributed by atoms with Crippen LogP contribution < -0.4 is 0 Å². The summed E-state index contributed by atoms with van der Waals surface area (Å²) in [5.41, 5.74) is 0. The second kappa shape index (κ2) is 23.0. The zero-order valence-electron chi connectivity index (χ0n) is 14.2. The minimum absolute atomic E-state index is 0. The number of nitrogens with zero attached hydrogens (tertiary/aromatic N) is 2. The van der Waals surface area contributed by atoms with Crippen LogP contribution >= 0.6 is 0 Å². The summed E-state index contributed by atoms with van der Waals surface area (Å²) in [6.07, 6.45) is 1.41. The first kappa shape index (κ1) is 31.4. The Morgan fingerprint density at radius 2 is 1.05 bits per heavy atom. The third-order valence-corrected chi connectivity index (χ3v) is 2.65. The first-order chi connectivity index (χ1) is 7.95. The van der Waals surface area contributed by atoms with Gasteiger partial charge in [-0.2, -0.15) is 0 Å². The van der Waals surface area contributed by atoms with Gasteiger partial charge in [0.15, 0.2) is 0 Å². The lowest BCUT2D eigenvalue weighted by Crippen LogP contribution is -2.41. The van der Waals surface area contributed by atoms with E-state index in [0.29, 0.717) is 6.04 Å². The molecule has 0 aromatic carbocycles. The monoisotopic (exact) mass is 278 g/mol. The van der Waals surface area contributed by atoms with Gasteiger partial charge < -0.3 is 9.80 Å². The van der Waals surface area contributed by atoms with Gasteiger partial charge >= 0.3 is 0 Å². The van der Waals surface area contributed by atoms with Crippen molar-refractivity contribution in [1.82, 2.24) is 9.80 Å². The molecule has 19 heavy (non-hydrogen) atoms. The highest BCUT2D eigenvalue weighted by Gasteiger charge is 2.15. The van der Waals surface area contributed by atoms with Gasteiger partial charge in [0.25, 0.3) is 0 Å². The zero-order chi connectivity index (χ0) is 14.4. The fourth-order valence-corrected chi connectivity index (χ4v) is 0.857. The molecule has 0 aliphatic carbocycles. The van der Waals surface area contributed by atoms with Gasteiger partial charge in [0, 0.05) is 12.1 Å². The predicted molar refractivity (Wildman–Crippen MR) is 96.3 cm³/mol. The molecule has 0 radical (unpaired) electrons. The summed E-state index contributed by atoms with van der Waals surface area (Å²) in [7, 11) is 4.15. The maximum atomic E-state index is 2.47. The standard InChI is InChI=1S/C6H13N.C5H13N.2C2H6.2CH4/c1-6(2)7-4-3-5-7;1-5(2)6(3)4;2*1-2;;/h6H,3-5H2,1-2H3;5H,1-4H3;2*1-2H3;2*1H4. The summed E-state index contributed by atoms with van der Waals surface area (Å²) in [6, 6.07) is 1.47. The van der Waals surface area contributed by atoms with E-state index in [2.05, 4.69) is 51.6 Å². The molecule has 0 bridgehead atoms. The average molecular weight is 279 g/mol. The Labute approximate surface area is 126 Å². The second-order valence-corrected chi connectivity index (χ2v) is 4.54. The SMILES string of the molecule is C.C.CC.CC.CC(C)N(C)C.CC(C)N1CCC1. The van der Waals surface area contributed by atoms with E-state index in [1.165, 1.54) is 19.5 Å². The van der Waals surface area contributed by atoms with Crippen molar-refractivity contribution >= 4 is 0 Å². The number of rotatable bonds is 2. The fourth-order valence-electron chi connectivity index (χ4n) is 0.857. The van der Waals surface area contributed by atoms with Crippen LogP contribution in [0.25, 0.3) is 0 Å². The molecule has 1 aliphatic rings. The van der Waals surface area contributed by atoms with Crippen LogP contribution in [0.2, 0.25) is 0 Å². The van der Waals surface area contributed by atoms with Crippen molar-refractivity contribution in [2.24, 2.45) is 0 Å². The van der Waals surface area contributed by atoms with Crippen LogP contribution in [0.15, 0.2) is 0 Å². The quantitative estimate of drug-likeness (QED) is 0.669. The molecule has 2 nitrogen and oxygen atoms in total. The van der Waals surface area contributed by atoms with Crippen molar-refractivity contribution in [3.05, 3.63) is 0 Å². The summed E-state index contributed by atoms with van der Waals surface area (Å²) in [4.78, 5) is 4.64. The van der Waals surface area contributed by atoms with Crippen LogP contribution in [0.4, 0.5) is 0 Å². The minimum Gasteiger partial charge on any atom is -0.307 e. The highest BCUT2D eigenvalue weighted by Crippen LogP contribution is 2.08. The maximum absolute atomic E-state index is 2.47. The van der Waals surface area contributed by atoms with Crippen LogP contribution in [-0.2, 0) is 0 Å². The lowest BCUT2D eigenvalue weighted by atomic mass is 10.2. The van der Waals surface area contributed by atoms with E-state index in [1.807, 2.05) is 27.7 Å². The molecule has 0 spiro atoms. The number of likely N-dealkylation sites (tertiary alicyclic amines) is 1.